The van der Waals surface area contributed by atoms with Gasteiger partial charge in [0.2, 0.25) is 0 Å². The molecule has 1 aliphatic carbocycles. The highest BCUT2D eigenvalue weighted by molar-refractivity contribution is 9.10. The minimum atomic E-state index is -0.349. The summed E-state index contributed by atoms with van der Waals surface area (Å²) in [7, 11) is 1.89. The van der Waals surface area contributed by atoms with Crippen molar-refractivity contribution < 1.29 is 9.18 Å². The molecule has 0 N–H and O–H groups in total. The van der Waals surface area contributed by atoms with Crippen molar-refractivity contribution in [3.63, 3.8) is 0 Å². The Labute approximate surface area is 205 Å². The molecule has 1 unspecified atom stereocenters. The fourth-order valence-electron chi connectivity index (χ4n) is 5.17. The van der Waals surface area contributed by atoms with Gasteiger partial charge in [0, 0.05) is 18.1 Å². The Morgan fingerprint density at radius 1 is 1.09 bits per heavy atom. The average molecular weight is 519 g/mol. The molecule has 3 heterocycles. The van der Waals surface area contributed by atoms with Gasteiger partial charge in [0.05, 0.1) is 17.1 Å². The van der Waals surface area contributed by atoms with E-state index >= 15 is 0 Å². The lowest BCUT2D eigenvalue weighted by Crippen LogP contribution is -2.39. The third-order valence-electron chi connectivity index (χ3n) is 7.13. The van der Waals surface area contributed by atoms with Crippen LogP contribution in [-0.2, 0) is 13.5 Å². The number of hydrogen-bond acceptors (Lipinski definition) is 3. The van der Waals surface area contributed by atoms with Gasteiger partial charge in [0.25, 0.3) is 5.91 Å². The molecule has 0 bridgehead atoms. The summed E-state index contributed by atoms with van der Waals surface area (Å²) in [4.78, 5) is 25.0. The Bertz CT molecular complexity index is 1460. The number of amides is 1. The largest absolute Gasteiger partial charge is 0.330 e. The number of hydrogen-bond donors (Lipinski definition) is 0. The molecule has 2 aliphatic rings. The van der Waals surface area contributed by atoms with E-state index in [0.29, 0.717) is 39.7 Å². The number of carbonyl (C=O) groups is 1. The third kappa shape index (κ3) is 3.45. The molecular weight excluding hydrogens is 495 g/mol. The molecule has 1 saturated carbocycles. The molecule has 0 radical (unpaired) electrons. The molecule has 2 aromatic heterocycles. The van der Waals surface area contributed by atoms with Gasteiger partial charge >= 0.3 is 0 Å². The Morgan fingerprint density at radius 2 is 1.88 bits per heavy atom. The van der Waals surface area contributed by atoms with Crippen LogP contribution in [0.25, 0.3) is 22.6 Å². The standard InChI is InChI=1S/C27H24BrFN4O/c1-15-19-6-4-3-5-16(19)11-12-33(15)27(34)23-14-21(17-7-8-17)24-25(30-23)31-26(32(24)2)20-10-9-18(28)13-22(20)29/h3-6,9-10,13-15,17H,7-8,11-12H2,1-2H3. The van der Waals surface area contributed by atoms with E-state index in [9.17, 15) is 9.18 Å². The Morgan fingerprint density at radius 3 is 2.65 bits per heavy atom. The van der Waals surface area contributed by atoms with Gasteiger partial charge in [-0.15, -0.1) is 0 Å². The van der Waals surface area contributed by atoms with Crippen LogP contribution in [0.1, 0.15) is 58.9 Å². The third-order valence-corrected chi connectivity index (χ3v) is 7.63. The molecule has 172 valence electrons. The number of nitrogens with zero attached hydrogens (tertiary/aromatic N) is 4. The van der Waals surface area contributed by atoms with Crippen LogP contribution < -0.4 is 0 Å². The van der Waals surface area contributed by atoms with Crippen molar-refractivity contribution in [1.29, 1.82) is 0 Å². The number of carbonyl (C=O) groups excluding carboxylic acids is 1. The maximum Gasteiger partial charge on any atom is 0.273 e. The summed E-state index contributed by atoms with van der Waals surface area (Å²) in [5.41, 5.74) is 5.79. The van der Waals surface area contributed by atoms with Gasteiger partial charge in [-0.3, -0.25) is 4.79 Å². The minimum absolute atomic E-state index is 0.0181. The molecule has 1 aliphatic heterocycles. The Balaban J connectivity index is 1.45. The van der Waals surface area contributed by atoms with E-state index in [1.165, 1.54) is 17.2 Å². The monoisotopic (exact) mass is 518 g/mol. The van der Waals surface area contributed by atoms with Gasteiger partial charge in [-0.1, -0.05) is 40.2 Å². The number of aromatic nitrogens is 3. The number of pyridine rings is 1. The van der Waals surface area contributed by atoms with E-state index in [1.807, 2.05) is 34.7 Å². The van der Waals surface area contributed by atoms with E-state index in [4.69, 9.17) is 9.97 Å². The molecule has 2 aromatic carbocycles. The van der Waals surface area contributed by atoms with E-state index in [0.717, 1.165) is 30.3 Å². The van der Waals surface area contributed by atoms with Crippen LogP contribution in [0, 0.1) is 5.82 Å². The molecule has 0 spiro atoms. The molecule has 34 heavy (non-hydrogen) atoms. The predicted octanol–water partition coefficient (Wildman–Crippen LogP) is 6.17. The highest BCUT2D eigenvalue weighted by Gasteiger charge is 2.33. The lowest BCUT2D eigenvalue weighted by atomic mass is 9.93. The molecule has 1 amide bonds. The fourth-order valence-corrected chi connectivity index (χ4v) is 5.50. The van der Waals surface area contributed by atoms with Gasteiger partial charge in [0.15, 0.2) is 5.65 Å². The molecular formula is C27H24BrFN4O. The summed E-state index contributed by atoms with van der Waals surface area (Å²) in [6, 6.07) is 15.2. The number of aryl methyl sites for hydroxylation is 1. The zero-order chi connectivity index (χ0) is 23.6. The van der Waals surface area contributed by atoms with Crippen molar-refractivity contribution >= 4 is 33.0 Å². The molecule has 5 nitrogen and oxygen atoms in total. The van der Waals surface area contributed by atoms with Crippen molar-refractivity contribution in [2.24, 2.45) is 7.05 Å². The normalized spacial score (nSPS) is 17.8. The SMILES string of the molecule is CC1c2ccccc2CCN1C(=O)c1cc(C2CC2)c2c(n1)nc(-c1ccc(Br)cc1F)n2C. The molecule has 4 aromatic rings. The number of fused-ring (bicyclic) bond motifs is 2. The van der Waals surface area contributed by atoms with E-state index < -0.39 is 0 Å². The molecule has 0 saturated heterocycles. The van der Waals surface area contributed by atoms with Crippen LogP contribution in [0.5, 0.6) is 0 Å². The lowest BCUT2D eigenvalue weighted by molar-refractivity contribution is 0.0672. The summed E-state index contributed by atoms with van der Waals surface area (Å²) >= 11 is 3.32. The number of imidazole rings is 1. The summed E-state index contributed by atoms with van der Waals surface area (Å²) < 4.78 is 17.4. The van der Waals surface area contributed by atoms with Crippen molar-refractivity contribution in [1.82, 2.24) is 19.4 Å². The summed E-state index contributed by atoms with van der Waals surface area (Å²) in [5, 5.41) is 0. The van der Waals surface area contributed by atoms with Crippen LogP contribution in [0.2, 0.25) is 0 Å². The predicted molar refractivity (Wildman–Crippen MR) is 133 cm³/mol. The molecule has 7 heteroatoms. The van der Waals surface area contributed by atoms with Crippen LogP contribution in [0.3, 0.4) is 0 Å². The molecule has 1 atom stereocenters. The zero-order valence-electron chi connectivity index (χ0n) is 19.1. The summed E-state index contributed by atoms with van der Waals surface area (Å²) in [6.45, 7) is 2.73. The van der Waals surface area contributed by atoms with Gasteiger partial charge in [-0.05, 0) is 73.1 Å². The fraction of sp³-hybridized carbons (Fsp3) is 0.296. The van der Waals surface area contributed by atoms with Crippen molar-refractivity contribution in [3.8, 4) is 11.4 Å². The average Bonchev–Trinajstić information content (AvgIpc) is 3.62. The highest BCUT2D eigenvalue weighted by Crippen LogP contribution is 2.44. The zero-order valence-corrected chi connectivity index (χ0v) is 20.6. The Hall–Kier alpha value is -3.06. The number of halogens is 2. The second kappa shape index (κ2) is 8.01. The second-order valence-electron chi connectivity index (χ2n) is 9.29. The van der Waals surface area contributed by atoms with Crippen molar-refractivity contribution in [2.45, 2.75) is 38.1 Å². The van der Waals surface area contributed by atoms with Gasteiger partial charge in [-0.2, -0.15) is 0 Å². The number of benzene rings is 2. The Kier molecular flexibility index (Phi) is 5.06. The van der Waals surface area contributed by atoms with E-state index in [2.05, 4.69) is 35.0 Å². The van der Waals surface area contributed by atoms with E-state index in [-0.39, 0.29) is 17.8 Å². The van der Waals surface area contributed by atoms with Gasteiger partial charge in [0.1, 0.15) is 17.3 Å². The maximum atomic E-state index is 14.8. The first-order chi connectivity index (χ1) is 16.4. The van der Waals surface area contributed by atoms with Crippen molar-refractivity contribution in [2.75, 3.05) is 6.54 Å². The topological polar surface area (TPSA) is 51.0 Å². The highest BCUT2D eigenvalue weighted by atomic mass is 79.9. The van der Waals surface area contributed by atoms with Gasteiger partial charge < -0.3 is 9.47 Å². The van der Waals surface area contributed by atoms with Crippen LogP contribution >= 0.6 is 15.9 Å². The van der Waals surface area contributed by atoms with Crippen LogP contribution in [0.15, 0.2) is 53.0 Å². The van der Waals surface area contributed by atoms with Crippen LogP contribution in [0.4, 0.5) is 4.39 Å². The van der Waals surface area contributed by atoms with Crippen molar-refractivity contribution in [3.05, 3.63) is 81.2 Å². The second-order valence-corrected chi connectivity index (χ2v) is 10.2. The first-order valence-corrected chi connectivity index (χ1v) is 12.4. The quantitative estimate of drug-likeness (QED) is 0.325. The molecule has 1 fully saturated rings. The van der Waals surface area contributed by atoms with Gasteiger partial charge in [-0.25, -0.2) is 14.4 Å². The van der Waals surface area contributed by atoms with E-state index in [1.54, 1.807) is 12.1 Å². The summed E-state index contributed by atoms with van der Waals surface area (Å²) in [6.07, 6.45) is 2.99. The minimum Gasteiger partial charge on any atom is -0.330 e. The number of rotatable bonds is 3. The smallest absolute Gasteiger partial charge is 0.273 e. The van der Waals surface area contributed by atoms with Crippen LogP contribution in [-0.4, -0.2) is 31.9 Å². The first-order valence-electron chi connectivity index (χ1n) is 11.6. The first kappa shape index (κ1) is 21.5. The summed E-state index contributed by atoms with van der Waals surface area (Å²) in [5.74, 6) is 0.472. The molecule has 6 rings (SSSR count). The lowest BCUT2D eigenvalue weighted by Gasteiger charge is -2.35. The maximum absolute atomic E-state index is 14.8.